The van der Waals surface area contributed by atoms with Crippen LogP contribution in [0.4, 0.5) is 0 Å². The fraction of sp³-hybridized carbons (Fsp3) is 0.650. The van der Waals surface area contributed by atoms with Gasteiger partial charge in [0.15, 0.2) is 11.5 Å². The van der Waals surface area contributed by atoms with Crippen LogP contribution in [0.2, 0.25) is 0 Å². The van der Waals surface area contributed by atoms with Crippen LogP contribution in [0.5, 0.6) is 11.5 Å². The van der Waals surface area contributed by atoms with Crippen molar-refractivity contribution in [2.24, 2.45) is 11.8 Å². The molecule has 0 bridgehead atoms. The molecule has 1 atom stereocenters. The van der Waals surface area contributed by atoms with Crippen molar-refractivity contribution < 1.29 is 14.6 Å². The molecule has 3 rings (SSSR count). The van der Waals surface area contributed by atoms with Crippen molar-refractivity contribution in [3.05, 3.63) is 23.8 Å². The highest BCUT2D eigenvalue weighted by Crippen LogP contribution is 2.31. The summed E-state index contributed by atoms with van der Waals surface area (Å²) in [5.41, 5.74) is 0.883. The maximum Gasteiger partial charge on any atom is 0.225 e. The molecule has 1 amide bonds. The second kappa shape index (κ2) is 8.09. The molecule has 0 radical (unpaired) electrons. The fourth-order valence-electron chi connectivity index (χ4n) is 4.09. The molecule has 0 aromatic heterocycles. The Bertz CT molecular complexity index is 597. The molecule has 0 spiro atoms. The predicted molar refractivity (Wildman–Crippen MR) is 97.6 cm³/mol. The summed E-state index contributed by atoms with van der Waals surface area (Å²) in [7, 11) is 1.57. The molecule has 1 aromatic carbocycles. The molecule has 138 valence electrons. The normalized spacial score (nSPS) is 22.8. The third kappa shape index (κ3) is 4.27. The standard InChI is InChI=1S/C20H30N2O3/c1-15-5-4-10-22(13-15)20(24)16-8-11-21(12-9-16)14-17-6-3-7-18(25-2)19(17)23/h3,6-7,15-16,23H,4-5,8-14H2,1-2H3/t15-/m1/s1. The summed E-state index contributed by atoms with van der Waals surface area (Å²) in [4.78, 5) is 17.2. The van der Waals surface area contributed by atoms with Crippen LogP contribution in [0.15, 0.2) is 18.2 Å². The average Bonchev–Trinajstić information content (AvgIpc) is 2.63. The average molecular weight is 346 g/mol. The quantitative estimate of drug-likeness (QED) is 0.911. The Kier molecular flexibility index (Phi) is 5.84. The number of hydrogen-bond acceptors (Lipinski definition) is 4. The van der Waals surface area contributed by atoms with Crippen molar-refractivity contribution in [3.63, 3.8) is 0 Å². The van der Waals surface area contributed by atoms with Gasteiger partial charge in [0.25, 0.3) is 0 Å². The first-order valence-corrected chi connectivity index (χ1v) is 9.44. The number of carbonyl (C=O) groups is 1. The molecule has 25 heavy (non-hydrogen) atoms. The topological polar surface area (TPSA) is 53.0 Å². The van der Waals surface area contributed by atoms with Gasteiger partial charge in [-0.05, 0) is 50.8 Å². The van der Waals surface area contributed by atoms with Crippen molar-refractivity contribution in [2.75, 3.05) is 33.3 Å². The van der Waals surface area contributed by atoms with Gasteiger partial charge < -0.3 is 14.7 Å². The largest absolute Gasteiger partial charge is 0.504 e. The number of amides is 1. The number of nitrogens with zero attached hydrogens (tertiary/aromatic N) is 2. The zero-order chi connectivity index (χ0) is 17.8. The van der Waals surface area contributed by atoms with Gasteiger partial charge in [0, 0.05) is 31.1 Å². The molecule has 0 aliphatic carbocycles. The van der Waals surface area contributed by atoms with Crippen LogP contribution in [0.25, 0.3) is 0 Å². The van der Waals surface area contributed by atoms with E-state index in [0.29, 0.717) is 24.1 Å². The van der Waals surface area contributed by atoms with Crippen LogP contribution < -0.4 is 4.74 Å². The lowest BCUT2D eigenvalue weighted by Crippen LogP contribution is -2.45. The van der Waals surface area contributed by atoms with Crippen LogP contribution in [-0.2, 0) is 11.3 Å². The maximum absolute atomic E-state index is 12.8. The van der Waals surface area contributed by atoms with E-state index in [4.69, 9.17) is 4.74 Å². The second-order valence-corrected chi connectivity index (χ2v) is 7.55. The molecular weight excluding hydrogens is 316 g/mol. The Labute approximate surface area is 150 Å². The lowest BCUT2D eigenvalue weighted by Gasteiger charge is -2.37. The molecule has 2 aliphatic rings. The van der Waals surface area contributed by atoms with Gasteiger partial charge in [0.1, 0.15) is 0 Å². The molecule has 2 saturated heterocycles. The summed E-state index contributed by atoms with van der Waals surface area (Å²) in [6.45, 7) is 6.60. The highest BCUT2D eigenvalue weighted by molar-refractivity contribution is 5.79. The monoisotopic (exact) mass is 346 g/mol. The zero-order valence-electron chi connectivity index (χ0n) is 15.4. The van der Waals surface area contributed by atoms with Crippen LogP contribution in [0.3, 0.4) is 0 Å². The van der Waals surface area contributed by atoms with Crippen LogP contribution in [0.1, 0.15) is 38.2 Å². The molecule has 2 aliphatic heterocycles. The van der Waals surface area contributed by atoms with E-state index in [-0.39, 0.29) is 11.7 Å². The number of methoxy groups -OCH3 is 1. The molecule has 5 heteroatoms. The maximum atomic E-state index is 12.8. The van der Waals surface area contributed by atoms with Crippen molar-refractivity contribution in [1.82, 2.24) is 9.80 Å². The van der Waals surface area contributed by atoms with E-state index in [1.807, 2.05) is 12.1 Å². The Morgan fingerprint density at radius 2 is 2.00 bits per heavy atom. The van der Waals surface area contributed by atoms with Gasteiger partial charge in [-0.1, -0.05) is 19.1 Å². The summed E-state index contributed by atoms with van der Waals surface area (Å²) >= 11 is 0. The number of aromatic hydroxyl groups is 1. The van der Waals surface area contributed by atoms with Crippen molar-refractivity contribution in [1.29, 1.82) is 0 Å². The van der Waals surface area contributed by atoms with Crippen molar-refractivity contribution in [3.8, 4) is 11.5 Å². The van der Waals surface area contributed by atoms with E-state index in [2.05, 4.69) is 16.7 Å². The van der Waals surface area contributed by atoms with Crippen LogP contribution in [0, 0.1) is 11.8 Å². The Morgan fingerprint density at radius 1 is 1.24 bits per heavy atom. The second-order valence-electron chi connectivity index (χ2n) is 7.55. The third-order valence-electron chi connectivity index (χ3n) is 5.60. The first-order chi connectivity index (χ1) is 12.1. The molecule has 1 aromatic rings. The van der Waals surface area contributed by atoms with Crippen molar-refractivity contribution >= 4 is 5.91 Å². The zero-order valence-corrected chi connectivity index (χ0v) is 15.4. The number of phenolic OH excluding ortho intramolecular Hbond substituents is 1. The van der Waals surface area contributed by atoms with Gasteiger partial charge in [0.2, 0.25) is 5.91 Å². The predicted octanol–water partition coefficient (Wildman–Crippen LogP) is 2.87. The molecular formula is C20H30N2O3. The number of rotatable bonds is 4. The summed E-state index contributed by atoms with van der Waals surface area (Å²) in [5, 5.41) is 10.2. The minimum atomic E-state index is 0.167. The first kappa shape index (κ1) is 18.1. The lowest BCUT2D eigenvalue weighted by atomic mass is 9.92. The number of para-hydroxylation sites is 1. The summed E-state index contributed by atoms with van der Waals surface area (Å²) < 4.78 is 5.18. The number of hydrogen-bond donors (Lipinski definition) is 1. The van der Waals surface area contributed by atoms with E-state index in [0.717, 1.165) is 51.0 Å². The first-order valence-electron chi connectivity index (χ1n) is 9.44. The van der Waals surface area contributed by atoms with E-state index in [9.17, 15) is 9.90 Å². The molecule has 0 unspecified atom stereocenters. The van der Waals surface area contributed by atoms with Crippen molar-refractivity contribution in [2.45, 2.75) is 39.2 Å². The number of ether oxygens (including phenoxy) is 1. The Morgan fingerprint density at radius 3 is 2.68 bits per heavy atom. The number of piperidine rings is 2. The summed E-state index contributed by atoms with van der Waals surface area (Å²) in [6, 6.07) is 5.61. The summed E-state index contributed by atoms with van der Waals surface area (Å²) in [5.74, 6) is 1.90. The summed E-state index contributed by atoms with van der Waals surface area (Å²) in [6.07, 6.45) is 4.20. The highest BCUT2D eigenvalue weighted by Gasteiger charge is 2.30. The molecule has 0 saturated carbocycles. The van der Waals surface area contributed by atoms with Crippen LogP contribution >= 0.6 is 0 Å². The van der Waals surface area contributed by atoms with Gasteiger partial charge in [-0.2, -0.15) is 0 Å². The number of phenols is 1. The minimum Gasteiger partial charge on any atom is -0.504 e. The Balaban J connectivity index is 1.53. The van der Waals surface area contributed by atoms with Gasteiger partial charge >= 0.3 is 0 Å². The van der Waals surface area contributed by atoms with Gasteiger partial charge in [-0.25, -0.2) is 0 Å². The SMILES string of the molecule is COc1cccc(CN2CCC(C(=O)N3CCC[C@@H](C)C3)CC2)c1O. The van der Waals surface area contributed by atoms with Crippen LogP contribution in [-0.4, -0.2) is 54.1 Å². The van der Waals surface area contributed by atoms with Gasteiger partial charge in [-0.15, -0.1) is 0 Å². The fourth-order valence-corrected chi connectivity index (χ4v) is 4.09. The van der Waals surface area contributed by atoms with E-state index >= 15 is 0 Å². The van der Waals surface area contributed by atoms with E-state index in [1.165, 1.54) is 6.42 Å². The minimum absolute atomic E-state index is 0.167. The number of likely N-dealkylation sites (tertiary alicyclic amines) is 2. The Hall–Kier alpha value is -1.75. The molecule has 5 nitrogen and oxygen atoms in total. The lowest BCUT2D eigenvalue weighted by molar-refractivity contribution is -0.138. The number of benzene rings is 1. The molecule has 2 fully saturated rings. The molecule has 1 N–H and O–H groups in total. The van der Waals surface area contributed by atoms with E-state index < -0.39 is 0 Å². The number of carbonyl (C=O) groups excluding carboxylic acids is 1. The smallest absolute Gasteiger partial charge is 0.225 e. The van der Waals surface area contributed by atoms with E-state index in [1.54, 1.807) is 13.2 Å². The third-order valence-corrected chi connectivity index (χ3v) is 5.60. The van der Waals surface area contributed by atoms with Gasteiger partial charge in [0.05, 0.1) is 7.11 Å². The highest BCUT2D eigenvalue weighted by atomic mass is 16.5. The molecule has 2 heterocycles. The van der Waals surface area contributed by atoms with Gasteiger partial charge in [-0.3, -0.25) is 9.69 Å².